The molecule has 144 valence electrons. The molecule has 0 fully saturated rings. The summed E-state index contributed by atoms with van der Waals surface area (Å²) in [5.41, 5.74) is 1.32. The van der Waals surface area contributed by atoms with Crippen LogP contribution < -0.4 is 10.6 Å². The summed E-state index contributed by atoms with van der Waals surface area (Å²) in [4.78, 5) is 37.6. The Labute approximate surface area is 161 Å². The molecule has 1 aliphatic rings. The van der Waals surface area contributed by atoms with Crippen LogP contribution in [0.1, 0.15) is 53.2 Å². The van der Waals surface area contributed by atoms with Gasteiger partial charge in [-0.1, -0.05) is 0 Å². The van der Waals surface area contributed by atoms with Gasteiger partial charge in [0.25, 0.3) is 5.91 Å². The highest BCUT2D eigenvalue weighted by molar-refractivity contribution is 7.17. The van der Waals surface area contributed by atoms with E-state index in [1.54, 1.807) is 12.1 Å². The minimum absolute atomic E-state index is 0.221. The summed E-state index contributed by atoms with van der Waals surface area (Å²) in [6, 6.07) is 3.47. The number of fused-ring (bicyclic) bond motifs is 1. The van der Waals surface area contributed by atoms with Crippen LogP contribution in [0.15, 0.2) is 22.8 Å². The largest absolute Gasteiger partial charge is 0.467 e. The number of furan rings is 1. The van der Waals surface area contributed by atoms with Crippen molar-refractivity contribution in [3.05, 3.63) is 40.2 Å². The van der Waals surface area contributed by atoms with E-state index in [2.05, 4.69) is 10.6 Å². The van der Waals surface area contributed by atoms with Gasteiger partial charge in [0.05, 0.1) is 18.4 Å². The number of hydrogen-bond donors (Lipinski definition) is 2. The number of carbonyl (C=O) groups excluding carboxylic acids is 3. The molecule has 0 aromatic carbocycles. The van der Waals surface area contributed by atoms with E-state index in [9.17, 15) is 14.4 Å². The van der Waals surface area contributed by atoms with E-state index in [0.717, 1.165) is 36.1 Å². The van der Waals surface area contributed by atoms with Gasteiger partial charge in [0, 0.05) is 11.8 Å². The molecule has 1 aliphatic carbocycles. The van der Waals surface area contributed by atoms with Gasteiger partial charge in [-0.05, 0) is 50.3 Å². The number of hydrogen-bond acceptors (Lipinski definition) is 6. The molecule has 2 heterocycles. The highest BCUT2D eigenvalue weighted by Gasteiger charge is 2.29. The number of ether oxygens (including phenoxy) is 1. The Hall–Kier alpha value is -2.61. The quantitative estimate of drug-likeness (QED) is 0.739. The van der Waals surface area contributed by atoms with Crippen molar-refractivity contribution in [3.63, 3.8) is 0 Å². The normalized spacial score (nSPS) is 14.1. The van der Waals surface area contributed by atoms with Crippen molar-refractivity contribution in [2.45, 2.75) is 52.2 Å². The van der Waals surface area contributed by atoms with E-state index in [-0.39, 0.29) is 12.5 Å². The van der Waals surface area contributed by atoms with Gasteiger partial charge < -0.3 is 19.8 Å². The predicted molar refractivity (Wildman–Crippen MR) is 101 cm³/mol. The van der Waals surface area contributed by atoms with E-state index in [1.165, 1.54) is 31.4 Å². The van der Waals surface area contributed by atoms with Gasteiger partial charge in [0.15, 0.2) is 6.10 Å². The van der Waals surface area contributed by atoms with Gasteiger partial charge in [-0.2, -0.15) is 0 Å². The Bertz CT molecular complexity index is 841. The molecule has 0 aliphatic heterocycles. The summed E-state index contributed by atoms with van der Waals surface area (Å²) in [6.45, 7) is 3.14. The maximum atomic E-state index is 12.8. The zero-order valence-electron chi connectivity index (χ0n) is 15.3. The number of carbonyl (C=O) groups is 3. The number of esters is 1. The third-order valence-electron chi connectivity index (χ3n) is 4.33. The first-order chi connectivity index (χ1) is 13.0. The van der Waals surface area contributed by atoms with E-state index in [1.807, 2.05) is 0 Å². The molecular weight excluding hydrogens is 368 g/mol. The molecule has 7 nitrogen and oxygen atoms in total. The lowest BCUT2D eigenvalue weighted by Gasteiger charge is -2.16. The number of rotatable bonds is 6. The Kier molecular flexibility index (Phi) is 5.95. The molecule has 3 rings (SSSR count). The molecule has 0 saturated heterocycles. The Morgan fingerprint density at radius 1 is 1.30 bits per heavy atom. The topological polar surface area (TPSA) is 97.6 Å². The van der Waals surface area contributed by atoms with Crippen LogP contribution in [0.25, 0.3) is 0 Å². The van der Waals surface area contributed by atoms with E-state index < -0.39 is 18.0 Å². The molecule has 27 heavy (non-hydrogen) atoms. The van der Waals surface area contributed by atoms with Gasteiger partial charge in [0.2, 0.25) is 5.91 Å². The molecule has 0 radical (unpaired) electrons. The molecule has 0 unspecified atom stereocenters. The minimum Gasteiger partial charge on any atom is -0.467 e. The number of anilines is 1. The van der Waals surface area contributed by atoms with Gasteiger partial charge in [-0.15, -0.1) is 11.3 Å². The second kappa shape index (κ2) is 8.39. The summed E-state index contributed by atoms with van der Waals surface area (Å²) in [7, 11) is 0. The van der Waals surface area contributed by atoms with Gasteiger partial charge in [-0.3, -0.25) is 9.59 Å². The van der Waals surface area contributed by atoms with Crippen LogP contribution in [0.2, 0.25) is 0 Å². The van der Waals surface area contributed by atoms with Crippen molar-refractivity contribution in [3.8, 4) is 0 Å². The fourth-order valence-corrected chi connectivity index (χ4v) is 4.36. The van der Waals surface area contributed by atoms with Crippen LogP contribution in [0.3, 0.4) is 0 Å². The highest BCUT2D eigenvalue weighted by atomic mass is 32.1. The molecule has 2 aromatic rings. The van der Waals surface area contributed by atoms with Gasteiger partial charge in [-0.25, -0.2) is 4.79 Å². The summed E-state index contributed by atoms with van der Waals surface area (Å²) in [5.74, 6) is -0.627. The number of aryl methyl sites for hydroxylation is 1. The van der Waals surface area contributed by atoms with Crippen molar-refractivity contribution in [1.29, 1.82) is 0 Å². The molecule has 8 heteroatoms. The fraction of sp³-hybridized carbons (Fsp3) is 0.421. The number of nitrogens with one attached hydrogen (secondary N) is 2. The lowest BCUT2D eigenvalue weighted by Crippen LogP contribution is -2.35. The Morgan fingerprint density at radius 2 is 2.07 bits per heavy atom. The first-order valence-electron chi connectivity index (χ1n) is 8.89. The third kappa shape index (κ3) is 4.57. The van der Waals surface area contributed by atoms with Crippen LogP contribution in [-0.4, -0.2) is 23.9 Å². The van der Waals surface area contributed by atoms with Crippen molar-refractivity contribution in [1.82, 2.24) is 5.32 Å². The first-order valence-corrected chi connectivity index (χ1v) is 9.70. The molecule has 0 saturated carbocycles. The number of thiophene rings is 1. The molecule has 2 amide bonds. The zero-order chi connectivity index (χ0) is 19.4. The van der Waals surface area contributed by atoms with Crippen molar-refractivity contribution >= 4 is 34.1 Å². The maximum absolute atomic E-state index is 12.8. The van der Waals surface area contributed by atoms with E-state index >= 15 is 0 Å². The van der Waals surface area contributed by atoms with Crippen molar-refractivity contribution in [2.75, 3.05) is 5.32 Å². The van der Waals surface area contributed by atoms with Gasteiger partial charge in [0.1, 0.15) is 10.8 Å². The fourth-order valence-electron chi connectivity index (χ4n) is 3.03. The van der Waals surface area contributed by atoms with Crippen LogP contribution in [0.5, 0.6) is 0 Å². The zero-order valence-corrected chi connectivity index (χ0v) is 16.1. The smallest absolute Gasteiger partial charge is 0.342 e. The summed E-state index contributed by atoms with van der Waals surface area (Å²) in [6.07, 6.45) is 4.27. The Balaban J connectivity index is 1.70. The van der Waals surface area contributed by atoms with Crippen LogP contribution in [0.4, 0.5) is 5.00 Å². The minimum atomic E-state index is -0.961. The third-order valence-corrected chi connectivity index (χ3v) is 5.54. The van der Waals surface area contributed by atoms with Crippen LogP contribution in [0, 0.1) is 0 Å². The molecule has 2 N–H and O–H groups in total. The maximum Gasteiger partial charge on any atom is 0.342 e. The number of amides is 2. The average Bonchev–Trinajstić information content (AvgIpc) is 3.25. The lowest BCUT2D eigenvalue weighted by atomic mass is 9.95. The average molecular weight is 390 g/mol. The molecular formula is C19H22N2O5S. The van der Waals surface area contributed by atoms with Crippen molar-refractivity contribution < 1.29 is 23.5 Å². The highest BCUT2D eigenvalue weighted by Crippen LogP contribution is 2.38. The van der Waals surface area contributed by atoms with Crippen molar-refractivity contribution in [2.24, 2.45) is 0 Å². The molecule has 1 atom stereocenters. The summed E-state index contributed by atoms with van der Waals surface area (Å²) in [5, 5.41) is 5.89. The summed E-state index contributed by atoms with van der Waals surface area (Å²) < 4.78 is 10.5. The molecule has 0 bridgehead atoms. The lowest BCUT2D eigenvalue weighted by molar-refractivity contribution is -0.129. The standard InChI is InChI=1S/C19H22N2O5S/c1-11(17(23)20-10-13-6-5-9-25-13)26-19(24)16-14-7-3-4-8-15(14)27-18(16)21-12(2)22/h5-6,9,11H,3-4,7-8,10H2,1-2H3,(H,20,23)(H,21,22)/t11-/m0/s1. The second-order valence-electron chi connectivity index (χ2n) is 6.44. The van der Waals surface area contributed by atoms with E-state index in [0.29, 0.717) is 16.3 Å². The van der Waals surface area contributed by atoms with Crippen LogP contribution >= 0.6 is 11.3 Å². The second-order valence-corrected chi connectivity index (χ2v) is 7.55. The molecule has 2 aromatic heterocycles. The van der Waals surface area contributed by atoms with Crippen LogP contribution in [-0.2, 0) is 33.7 Å². The monoisotopic (exact) mass is 390 g/mol. The first kappa shape index (κ1) is 19.2. The van der Waals surface area contributed by atoms with Gasteiger partial charge >= 0.3 is 5.97 Å². The predicted octanol–water partition coefficient (Wildman–Crippen LogP) is 3.04. The Morgan fingerprint density at radius 3 is 2.78 bits per heavy atom. The molecule has 0 spiro atoms. The van der Waals surface area contributed by atoms with E-state index in [4.69, 9.17) is 9.15 Å². The SMILES string of the molecule is CC(=O)Nc1sc2c(c1C(=O)O[C@@H](C)C(=O)NCc1ccco1)CCCC2. The summed E-state index contributed by atoms with van der Waals surface area (Å²) >= 11 is 1.42.